The first kappa shape index (κ1) is 18.4. The molecule has 1 heterocycles. The molecule has 1 saturated heterocycles. The average molecular weight is 381 g/mol. The Morgan fingerprint density at radius 2 is 1.84 bits per heavy atom. The molecule has 0 spiro atoms. The second-order valence-corrected chi connectivity index (χ2v) is 8.22. The summed E-state index contributed by atoms with van der Waals surface area (Å²) in [5, 5.41) is 0.506. The summed E-state index contributed by atoms with van der Waals surface area (Å²) >= 11 is 5.80. The molecule has 0 unspecified atom stereocenters. The van der Waals surface area contributed by atoms with E-state index in [1.54, 1.807) is 12.1 Å². The van der Waals surface area contributed by atoms with Gasteiger partial charge in [-0.2, -0.15) is 0 Å². The Bertz CT molecular complexity index is 782. The fraction of sp³-hybridized carbons (Fsp3) is 0.333. The first-order chi connectivity index (χ1) is 12.0. The second kappa shape index (κ2) is 8.29. The molecule has 1 N–H and O–H groups in total. The highest BCUT2D eigenvalue weighted by molar-refractivity contribution is 7.89. The minimum Gasteiger partial charge on any atom is -0.374 e. The smallest absolute Gasteiger partial charge is 0.240 e. The van der Waals surface area contributed by atoms with Crippen molar-refractivity contribution in [3.05, 3.63) is 65.2 Å². The first-order valence-electron chi connectivity index (χ1n) is 8.16. The van der Waals surface area contributed by atoms with Crippen molar-refractivity contribution < 1.29 is 13.2 Å². The molecule has 2 aromatic carbocycles. The SMILES string of the molecule is O=S(=O)(NC[C@@H]1CN(Cc2ccccc2)CCO1)c1ccc(Cl)cc1. The lowest BCUT2D eigenvalue weighted by atomic mass is 10.2. The molecule has 0 aliphatic carbocycles. The van der Waals surface area contributed by atoms with Crippen molar-refractivity contribution in [2.24, 2.45) is 0 Å². The highest BCUT2D eigenvalue weighted by atomic mass is 35.5. The molecular weight excluding hydrogens is 360 g/mol. The van der Waals surface area contributed by atoms with E-state index in [0.29, 0.717) is 18.2 Å². The van der Waals surface area contributed by atoms with Crippen LogP contribution in [-0.4, -0.2) is 45.7 Å². The highest BCUT2D eigenvalue weighted by Gasteiger charge is 2.23. The minimum atomic E-state index is -3.56. The van der Waals surface area contributed by atoms with Gasteiger partial charge in [0.05, 0.1) is 17.6 Å². The van der Waals surface area contributed by atoms with Crippen LogP contribution in [0, 0.1) is 0 Å². The van der Waals surface area contributed by atoms with Crippen molar-refractivity contribution >= 4 is 21.6 Å². The van der Waals surface area contributed by atoms with E-state index in [9.17, 15) is 8.42 Å². The Morgan fingerprint density at radius 1 is 1.12 bits per heavy atom. The number of rotatable bonds is 6. The summed E-state index contributed by atoms with van der Waals surface area (Å²) < 4.78 is 33.0. The van der Waals surface area contributed by atoms with E-state index in [1.807, 2.05) is 18.2 Å². The van der Waals surface area contributed by atoms with Crippen molar-refractivity contribution in [2.75, 3.05) is 26.2 Å². The van der Waals surface area contributed by atoms with Crippen LogP contribution in [0.4, 0.5) is 0 Å². The number of hydrogen-bond acceptors (Lipinski definition) is 4. The predicted molar refractivity (Wildman–Crippen MR) is 98.1 cm³/mol. The van der Waals surface area contributed by atoms with Gasteiger partial charge in [0.15, 0.2) is 0 Å². The zero-order valence-electron chi connectivity index (χ0n) is 13.8. The summed E-state index contributed by atoms with van der Waals surface area (Å²) in [4.78, 5) is 2.48. The fourth-order valence-electron chi connectivity index (χ4n) is 2.79. The van der Waals surface area contributed by atoms with E-state index in [0.717, 1.165) is 13.1 Å². The number of sulfonamides is 1. The molecule has 5 nitrogen and oxygen atoms in total. The molecule has 2 aromatic rings. The lowest BCUT2D eigenvalue weighted by Crippen LogP contribution is -2.47. The van der Waals surface area contributed by atoms with Crippen LogP contribution < -0.4 is 4.72 Å². The fourth-order valence-corrected chi connectivity index (χ4v) is 3.98. The highest BCUT2D eigenvalue weighted by Crippen LogP contribution is 2.15. The Balaban J connectivity index is 1.55. The third-order valence-corrected chi connectivity index (χ3v) is 5.79. The van der Waals surface area contributed by atoms with Crippen molar-refractivity contribution in [1.82, 2.24) is 9.62 Å². The monoisotopic (exact) mass is 380 g/mol. The summed E-state index contributed by atoms with van der Waals surface area (Å²) in [7, 11) is -3.56. The van der Waals surface area contributed by atoms with Crippen LogP contribution in [0.3, 0.4) is 0 Å². The van der Waals surface area contributed by atoms with Crippen LogP contribution in [0.5, 0.6) is 0 Å². The van der Waals surface area contributed by atoms with Gasteiger partial charge in [0, 0.05) is 31.2 Å². The predicted octanol–water partition coefficient (Wildman–Crippen LogP) is 2.52. The van der Waals surface area contributed by atoms with Crippen molar-refractivity contribution in [3.63, 3.8) is 0 Å². The first-order valence-corrected chi connectivity index (χ1v) is 10.0. The summed E-state index contributed by atoms with van der Waals surface area (Å²) in [5.74, 6) is 0. The lowest BCUT2D eigenvalue weighted by molar-refractivity contribution is -0.0276. The second-order valence-electron chi connectivity index (χ2n) is 6.02. The molecular formula is C18H21ClN2O3S. The standard InChI is InChI=1S/C18H21ClN2O3S/c19-16-6-8-18(9-7-16)25(22,23)20-12-17-14-21(10-11-24-17)13-15-4-2-1-3-5-15/h1-9,17,20H,10-14H2/t17-/m1/s1. The lowest BCUT2D eigenvalue weighted by Gasteiger charge is -2.33. The Hall–Kier alpha value is -1.44. The number of nitrogens with zero attached hydrogens (tertiary/aromatic N) is 1. The van der Waals surface area contributed by atoms with Gasteiger partial charge in [-0.15, -0.1) is 0 Å². The van der Waals surface area contributed by atoms with Crippen molar-refractivity contribution in [3.8, 4) is 0 Å². The zero-order chi connectivity index (χ0) is 17.7. The van der Waals surface area contributed by atoms with Crippen LogP contribution in [0.15, 0.2) is 59.5 Å². The van der Waals surface area contributed by atoms with Gasteiger partial charge in [0.2, 0.25) is 10.0 Å². The Labute approximate surface area is 153 Å². The maximum Gasteiger partial charge on any atom is 0.240 e. The van der Waals surface area contributed by atoms with Gasteiger partial charge in [-0.1, -0.05) is 41.9 Å². The molecule has 0 aromatic heterocycles. The molecule has 25 heavy (non-hydrogen) atoms. The Morgan fingerprint density at radius 3 is 2.56 bits per heavy atom. The number of ether oxygens (including phenoxy) is 1. The molecule has 1 aliphatic heterocycles. The van der Waals surface area contributed by atoms with E-state index < -0.39 is 10.0 Å². The van der Waals surface area contributed by atoms with E-state index in [1.165, 1.54) is 17.7 Å². The Kier molecular flexibility index (Phi) is 6.09. The molecule has 3 rings (SSSR count). The topological polar surface area (TPSA) is 58.6 Å². The van der Waals surface area contributed by atoms with Gasteiger partial charge < -0.3 is 4.74 Å². The van der Waals surface area contributed by atoms with Crippen LogP contribution in [-0.2, 0) is 21.3 Å². The number of nitrogens with one attached hydrogen (secondary N) is 1. The molecule has 0 amide bonds. The molecule has 1 aliphatic rings. The molecule has 0 radical (unpaired) electrons. The van der Waals surface area contributed by atoms with Crippen LogP contribution >= 0.6 is 11.6 Å². The van der Waals surface area contributed by atoms with E-state index >= 15 is 0 Å². The van der Waals surface area contributed by atoms with Gasteiger partial charge in [0.1, 0.15) is 0 Å². The van der Waals surface area contributed by atoms with Gasteiger partial charge >= 0.3 is 0 Å². The van der Waals surface area contributed by atoms with Gasteiger partial charge in [-0.25, -0.2) is 13.1 Å². The van der Waals surface area contributed by atoms with E-state index in [2.05, 4.69) is 21.8 Å². The number of hydrogen-bond donors (Lipinski definition) is 1. The molecule has 7 heteroatoms. The third kappa shape index (κ3) is 5.26. The quantitative estimate of drug-likeness (QED) is 0.836. The third-order valence-electron chi connectivity index (χ3n) is 4.10. The summed E-state index contributed by atoms with van der Waals surface area (Å²) in [6.45, 7) is 3.22. The summed E-state index contributed by atoms with van der Waals surface area (Å²) in [5.41, 5.74) is 1.24. The zero-order valence-corrected chi connectivity index (χ0v) is 15.3. The summed E-state index contributed by atoms with van der Waals surface area (Å²) in [6, 6.07) is 16.3. The number of halogens is 1. The van der Waals surface area contributed by atoms with Gasteiger partial charge in [0.25, 0.3) is 0 Å². The minimum absolute atomic E-state index is 0.167. The van der Waals surface area contributed by atoms with Crippen LogP contribution in [0.25, 0.3) is 0 Å². The summed E-state index contributed by atoms with van der Waals surface area (Å²) in [6.07, 6.45) is -0.167. The average Bonchev–Trinajstić information content (AvgIpc) is 2.62. The normalized spacial score (nSPS) is 19.0. The molecule has 1 atom stereocenters. The number of benzene rings is 2. The van der Waals surface area contributed by atoms with Crippen molar-refractivity contribution in [2.45, 2.75) is 17.5 Å². The molecule has 134 valence electrons. The molecule has 0 saturated carbocycles. The molecule has 1 fully saturated rings. The maximum absolute atomic E-state index is 12.3. The van der Waals surface area contributed by atoms with Gasteiger partial charge in [-0.05, 0) is 29.8 Å². The van der Waals surface area contributed by atoms with Gasteiger partial charge in [-0.3, -0.25) is 4.90 Å². The molecule has 0 bridgehead atoms. The number of morpholine rings is 1. The van der Waals surface area contributed by atoms with Crippen LogP contribution in [0.2, 0.25) is 5.02 Å². The maximum atomic E-state index is 12.3. The van der Waals surface area contributed by atoms with Crippen molar-refractivity contribution in [1.29, 1.82) is 0 Å². The van der Waals surface area contributed by atoms with E-state index in [-0.39, 0.29) is 17.5 Å². The largest absolute Gasteiger partial charge is 0.374 e. The van der Waals surface area contributed by atoms with Crippen LogP contribution in [0.1, 0.15) is 5.56 Å². The van der Waals surface area contributed by atoms with E-state index in [4.69, 9.17) is 16.3 Å².